The van der Waals surface area contributed by atoms with Gasteiger partial charge < -0.3 is 15.6 Å². The molecule has 0 saturated carbocycles. The normalized spacial score (nSPS) is 10.1. The first-order valence-corrected chi connectivity index (χ1v) is 5.63. The van der Waals surface area contributed by atoms with Crippen LogP contribution < -0.4 is 16.6 Å². The monoisotopic (exact) mass is 259 g/mol. The van der Waals surface area contributed by atoms with Crippen LogP contribution >= 0.6 is 0 Å². The Bertz CT molecular complexity index is 624. The lowest BCUT2D eigenvalue weighted by molar-refractivity contribution is -0.121. The minimum Gasteiger partial charge on any atom is -0.398 e. The zero-order valence-corrected chi connectivity index (χ0v) is 10.1. The average Bonchev–Trinajstić information content (AvgIpc) is 2.42. The van der Waals surface area contributed by atoms with E-state index in [0.717, 1.165) is 0 Å². The Morgan fingerprint density at radius 3 is 2.95 bits per heavy atom. The molecule has 7 heteroatoms. The van der Waals surface area contributed by atoms with E-state index in [1.165, 1.54) is 29.2 Å². The highest BCUT2D eigenvalue weighted by Crippen LogP contribution is 1.96. The molecule has 0 atom stereocenters. The van der Waals surface area contributed by atoms with Crippen LogP contribution in [-0.4, -0.2) is 20.4 Å². The second-order valence-electron chi connectivity index (χ2n) is 3.91. The first-order chi connectivity index (χ1) is 9.15. The number of hydrogen-bond acceptors (Lipinski definition) is 5. The number of carbonyl (C=O) groups is 1. The largest absolute Gasteiger partial charge is 0.398 e. The average molecular weight is 259 g/mol. The van der Waals surface area contributed by atoms with E-state index >= 15 is 0 Å². The van der Waals surface area contributed by atoms with Crippen LogP contribution in [0.15, 0.2) is 41.7 Å². The van der Waals surface area contributed by atoms with E-state index in [1.54, 1.807) is 12.3 Å². The molecule has 0 aliphatic rings. The van der Waals surface area contributed by atoms with Gasteiger partial charge in [-0.15, -0.1) is 0 Å². The van der Waals surface area contributed by atoms with Crippen LogP contribution in [-0.2, 0) is 17.9 Å². The van der Waals surface area contributed by atoms with Gasteiger partial charge >= 0.3 is 0 Å². The third-order valence-electron chi connectivity index (χ3n) is 2.43. The Kier molecular flexibility index (Phi) is 3.87. The SMILES string of the molecule is Nc1ccc(=O)n(CC(=O)NCc2ccncn2)c1. The van der Waals surface area contributed by atoms with Crippen molar-refractivity contribution < 1.29 is 4.79 Å². The van der Waals surface area contributed by atoms with Crippen molar-refractivity contribution in [2.75, 3.05) is 5.73 Å². The molecule has 2 aromatic rings. The first kappa shape index (κ1) is 12.7. The van der Waals surface area contributed by atoms with Gasteiger partial charge in [-0.1, -0.05) is 0 Å². The molecule has 3 N–H and O–H groups in total. The number of anilines is 1. The van der Waals surface area contributed by atoms with Crippen molar-refractivity contribution in [1.29, 1.82) is 0 Å². The van der Waals surface area contributed by atoms with Gasteiger partial charge in [0.25, 0.3) is 5.56 Å². The Balaban J connectivity index is 1.95. The third kappa shape index (κ3) is 3.63. The number of nitrogens with one attached hydrogen (secondary N) is 1. The van der Waals surface area contributed by atoms with E-state index < -0.39 is 0 Å². The molecule has 98 valence electrons. The summed E-state index contributed by atoms with van der Waals surface area (Å²) in [7, 11) is 0. The number of pyridine rings is 1. The van der Waals surface area contributed by atoms with Crippen LogP contribution in [0.1, 0.15) is 5.69 Å². The van der Waals surface area contributed by atoms with Gasteiger partial charge in [-0.25, -0.2) is 9.97 Å². The number of hydrogen-bond donors (Lipinski definition) is 2. The number of amides is 1. The quantitative estimate of drug-likeness (QED) is 0.773. The molecule has 0 aliphatic carbocycles. The predicted octanol–water partition coefficient (Wildman–Crippen LogP) is -0.463. The fourth-order valence-electron chi connectivity index (χ4n) is 1.50. The second kappa shape index (κ2) is 5.76. The number of aromatic nitrogens is 3. The first-order valence-electron chi connectivity index (χ1n) is 5.63. The van der Waals surface area contributed by atoms with Crippen molar-refractivity contribution in [3.8, 4) is 0 Å². The van der Waals surface area contributed by atoms with Gasteiger partial charge in [-0.2, -0.15) is 0 Å². The Morgan fingerprint density at radius 1 is 1.37 bits per heavy atom. The number of nitrogen functional groups attached to an aromatic ring is 1. The smallest absolute Gasteiger partial charge is 0.251 e. The van der Waals surface area contributed by atoms with Crippen LogP contribution in [0, 0.1) is 0 Å². The van der Waals surface area contributed by atoms with E-state index in [0.29, 0.717) is 17.9 Å². The highest BCUT2D eigenvalue weighted by Gasteiger charge is 2.04. The summed E-state index contributed by atoms with van der Waals surface area (Å²) < 4.78 is 1.25. The predicted molar refractivity (Wildman–Crippen MR) is 69.0 cm³/mol. The fraction of sp³-hybridized carbons (Fsp3) is 0.167. The summed E-state index contributed by atoms with van der Waals surface area (Å²) in [6.45, 7) is 0.216. The maximum Gasteiger partial charge on any atom is 0.251 e. The van der Waals surface area contributed by atoms with Crippen LogP contribution in [0.5, 0.6) is 0 Å². The maximum absolute atomic E-state index is 11.7. The van der Waals surface area contributed by atoms with Crippen molar-refractivity contribution in [3.05, 3.63) is 53.0 Å². The van der Waals surface area contributed by atoms with Gasteiger partial charge in [0.05, 0.1) is 12.2 Å². The van der Waals surface area contributed by atoms with Crippen molar-refractivity contribution in [2.45, 2.75) is 13.1 Å². The van der Waals surface area contributed by atoms with E-state index in [-0.39, 0.29) is 18.0 Å². The zero-order valence-electron chi connectivity index (χ0n) is 10.1. The van der Waals surface area contributed by atoms with Gasteiger partial charge in [0, 0.05) is 24.1 Å². The Labute approximate surface area is 109 Å². The lowest BCUT2D eigenvalue weighted by atomic mass is 10.4. The molecule has 0 bridgehead atoms. The lowest BCUT2D eigenvalue weighted by Gasteiger charge is -2.07. The number of nitrogens with zero attached hydrogens (tertiary/aromatic N) is 3. The molecule has 0 aliphatic heterocycles. The van der Waals surface area contributed by atoms with E-state index in [1.807, 2.05) is 0 Å². The molecule has 0 spiro atoms. The molecule has 0 unspecified atom stereocenters. The van der Waals surface area contributed by atoms with Crippen LogP contribution in [0.25, 0.3) is 0 Å². The minimum absolute atomic E-state index is 0.0744. The topological polar surface area (TPSA) is 103 Å². The van der Waals surface area contributed by atoms with Crippen molar-refractivity contribution in [2.24, 2.45) is 0 Å². The highest BCUT2D eigenvalue weighted by atomic mass is 16.2. The molecule has 2 rings (SSSR count). The second-order valence-corrected chi connectivity index (χ2v) is 3.91. The van der Waals surface area contributed by atoms with Crippen molar-refractivity contribution in [1.82, 2.24) is 19.9 Å². The summed E-state index contributed by atoms with van der Waals surface area (Å²) in [5, 5.41) is 2.66. The Hall–Kier alpha value is -2.70. The number of rotatable bonds is 4. The molecular weight excluding hydrogens is 246 g/mol. The minimum atomic E-state index is -0.286. The van der Waals surface area contributed by atoms with Crippen LogP contribution in [0.4, 0.5) is 5.69 Å². The molecule has 0 fully saturated rings. The highest BCUT2D eigenvalue weighted by molar-refractivity contribution is 5.75. The summed E-state index contributed by atoms with van der Waals surface area (Å²) in [6.07, 6.45) is 4.44. The summed E-state index contributed by atoms with van der Waals surface area (Å²) in [5.41, 5.74) is 6.42. The lowest BCUT2D eigenvalue weighted by Crippen LogP contribution is -2.31. The molecule has 0 radical (unpaired) electrons. The maximum atomic E-state index is 11.7. The van der Waals surface area contributed by atoms with Gasteiger partial charge in [0.2, 0.25) is 5.91 Å². The van der Waals surface area contributed by atoms with Crippen molar-refractivity contribution in [3.63, 3.8) is 0 Å². The molecular formula is C12H13N5O2. The summed E-state index contributed by atoms with van der Waals surface area (Å²) in [6, 6.07) is 4.53. The summed E-state index contributed by atoms with van der Waals surface area (Å²) >= 11 is 0. The molecule has 0 saturated heterocycles. The number of nitrogens with two attached hydrogens (primary N) is 1. The zero-order chi connectivity index (χ0) is 13.7. The Morgan fingerprint density at radius 2 is 2.21 bits per heavy atom. The molecule has 1 amide bonds. The summed E-state index contributed by atoms with van der Waals surface area (Å²) in [4.78, 5) is 30.9. The van der Waals surface area contributed by atoms with Gasteiger partial charge in [0.1, 0.15) is 12.9 Å². The molecule has 2 aromatic heterocycles. The molecule has 2 heterocycles. The fourth-order valence-corrected chi connectivity index (χ4v) is 1.50. The molecule has 0 aromatic carbocycles. The van der Waals surface area contributed by atoms with Gasteiger partial charge in [-0.3, -0.25) is 9.59 Å². The van der Waals surface area contributed by atoms with Crippen LogP contribution in [0.3, 0.4) is 0 Å². The number of carbonyl (C=O) groups excluding carboxylic acids is 1. The van der Waals surface area contributed by atoms with E-state index in [2.05, 4.69) is 15.3 Å². The van der Waals surface area contributed by atoms with Crippen LogP contribution in [0.2, 0.25) is 0 Å². The summed E-state index contributed by atoms with van der Waals surface area (Å²) in [5.74, 6) is -0.286. The van der Waals surface area contributed by atoms with Gasteiger partial charge in [-0.05, 0) is 12.1 Å². The van der Waals surface area contributed by atoms with E-state index in [9.17, 15) is 9.59 Å². The van der Waals surface area contributed by atoms with Gasteiger partial charge in [0.15, 0.2) is 0 Å². The standard InChI is InChI=1S/C12H13N5O2/c13-9-1-2-12(19)17(6-9)7-11(18)15-5-10-3-4-14-8-16-10/h1-4,6,8H,5,7,13H2,(H,15,18). The molecule has 19 heavy (non-hydrogen) atoms. The third-order valence-corrected chi connectivity index (χ3v) is 2.43. The van der Waals surface area contributed by atoms with Crippen molar-refractivity contribution >= 4 is 11.6 Å². The molecule has 7 nitrogen and oxygen atoms in total. The van der Waals surface area contributed by atoms with E-state index in [4.69, 9.17) is 5.73 Å².